The van der Waals surface area contributed by atoms with Crippen LogP contribution in [0.4, 0.5) is 5.69 Å². The van der Waals surface area contributed by atoms with Gasteiger partial charge in [0.25, 0.3) is 0 Å². The molecule has 1 aliphatic heterocycles. The van der Waals surface area contributed by atoms with Crippen LogP contribution in [-0.2, 0) is 4.79 Å². The average Bonchev–Trinajstić information content (AvgIpc) is 2.34. The highest BCUT2D eigenvalue weighted by Crippen LogP contribution is 2.23. The van der Waals surface area contributed by atoms with Gasteiger partial charge < -0.3 is 10.6 Å². The highest BCUT2D eigenvalue weighted by atomic mass is 35.5. The zero-order chi connectivity index (χ0) is 13.1. The van der Waals surface area contributed by atoms with Crippen LogP contribution in [0.5, 0.6) is 0 Å². The van der Waals surface area contributed by atoms with E-state index in [1.165, 1.54) is 0 Å². The van der Waals surface area contributed by atoms with Crippen molar-refractivity contribution in [3.05, 3.63) is 29.3 Å². The van der Waals surface area contributed by atoms with Crippen LogP contribution >= 0.6 is 12.4 Å². The number of aryl methyl sites for hydroxylation is 2. The molecule has 2 N–H and O–H groups in total. The third-order valence-electron chi connectivity index (χ3n) is 3.72. The van der Waals surface area contributed by atoms with Crippen LogP contribution in [0.15, 0.2) is 18.2 Å². The van der Waals surface area contributed by atoms with Crippen LogP contribution in [0.2, 0.25) is 0 Å². The van der Waals surface area contributed by atoms with E-state index in [-0.39, 0.29) is 24.2 Å². The summed E-state index contributed by atoms with van der Waals surface area (Å²) in [4.78, 5) is 12.3. The quantitative estimate of drug-likeness (QED) is 0.875. The summed E-state index contributed by atoms with van der Waals surface area (Å²) in [7, 11) is 0. The van der Waals surface area contributed by atoms with E-state index in [1.54, 1.807) is 0 Å². The van der Waals surface area contributed by atoms with Gasteiger partial charge in [0, 0.05) is 17.6 Å². The van der Waals surface area contributed by atoms with Crippen LogP contribution in [0, 0.1) is 19.8 Å². The predicted molar refractivity (Wildman–Crippen MR) is 82.0 cm³/mol. The molecule has 1 aliphatic rings. The molecular formula is C15H23ClN2O. The number of amides is 1. The molecule has 19 heavy (non-hydrogen) atoms. The van der Waals surface area contributed by atoms with Crippen molar-refractivity contribution in [2.24, 2.45) is 5.92 Å². The first-order chi connectivity index (χ1) is 8.58. The van der Waals surface area contributed by atoms with Crippen molar-refractivity contribution >= 4 is 24.0 Å². The second kappa shape index (κ2) is 6.92. The van der Waals surface area contributed by atoms with E-state index in [0.29, 0.717) is 6.04 Å². The van der Waals surface area contributed by atoms with Crippen molar-refractivity contribution in [3.8, 4) is 0 Å². The van der Waals surface area contributed by atoms with E-state index < -0.39 is 0 Å². The molecule has 4 heteroatoms. The van der Waals surface area contributed by atoms with Crippen LogP contribution in [0.1, 0.15) is 30.9 Å². The third kappa shape index (κ3) is 3.95. The van der Waals surface area contributed by atoms with E-state index in [2.05, 4.69) is 17.6 Å². The minimum Gasteiger partial charge on any atom is -0.325 e. The van der Waals surface area contributed by atoms with E-state index >= 15 is 0 Å². The molecule has 1 saturated heterocycles. The number of nitrogens with one attached hydrogen (secondary N) is 2. The lowest BCUT2D eigenvalue weighted by atomic mass is 9.92. The number of benzene rings is 1. The largest absolute Gasteiger partial charge is 0.325 e. The normalized spacial score (nSPS) is 22.5. The molecule has 1 aromatic rings. The van der Waals surface area contributed by atoms with Crippen molar-refractivity contribution in [1.82, 2.24) is 5.32 Å². The lowest BCUT2D eigenvalue weighted by molar-refractivity contribution is -0.120. The first-order valence-corrected chi connectivity index (χ1v) is 6.68. The van der Waals surface area contributed by atoms with Gasteiger partial charge in [-0.3, -0.25) is 4.79 Å². The Morgan fingerprint density at radius 2 is 1.95 bits per heavy atom. The van der Waals surface area contributed by atoms with Crippen molar-refractivity contribution < 1.29 is 4.79 Å². The van der Waals surface area contributed by atoms with Crippen molar-refractivity contribution in [3.63, 3.8) is 0 Å². The maximum atomic E-state index is 12.3. The minimum absolute atomic E-state index is 0. The lowest BCUT2D eigenvalue weighted by Gasteiger charge is -2.27. The smallest absolute Gasteiger partial charge is 0.227 e. The van der Waals surface area contributed by atoms with Crippen molar-refractivity contribution in [2.75, 3.05) is 11.9 Å². The number of rotatable bonds is 2. The SMILES string of the molecule is Cc1cccc(C)c1NC(=O)[C@H]1CCN[C@@H](C)C1.Cl. The van der Waals surface area contributed by atoms with Gasteiger partial charge in [-0.25, -0.2) is 0 Å². The van der Waals surface area contributed by atoms with E-state index in [1.807, 2.05) is 32.0 Å². The number of halogens is 1. The number of anilines is 1. The molecule has 2 rings (SSSR count). The van der Waals surface area contributed by atoms with Gasteiger partial charge >= 0.3 is 0 Å². The van der Waals surface area contributed by atoms with Crippen molar-refractivity contribution in [2.45, 2.75) is 39.7 Å². The molecule has 0 unspecified atom stereocenters. The Kier molecular flexibility index (Phi) is 5.83. The maximum absolute atomic E-state index is 12.3. The number of hydrogen-bond acceptors (Lipinski definition) is 2. The summed E-state index contributed by atoms with van der Waals surface area (Å²) in [5.74, 6) is 0.306. The fourth-order valence-corrected chi connectivity index (χ4v) is 2.61. The molecule has 1 aromatic carbocycles. The van der Waals surface area contributed by atoms with E-state index in [9.17, 15) is 4.79 Å². The second-order valence-corrected chi connectivity index (χ2v) is 5.33. The Hall–Kier alpha value is -1.06. The monoisotopic (exact) mass is 282 g/mol. The molecule has 0 bridgehead atoms. The summed E-state index contributed by atoms with van der Waals surface area (Å²) in [6.45, 7) is 7.14. The molecule has 106 valence electrons. The van der Waals surface area contributed by atoms with Gasteiger partial charge in [-0.1, -0.05) is 18.2 Å². The number of piperidine rings is 1. The topological polar surface area (TPSA) is 41.1 Å². The Morgan fingerprint density at radius 1 is 1.32 bits per heavy atom. The zero-order valence-electron chi connectivity index (χ0n) is 11.8. The zero-order valence-corrected chi connectivity index (χ0v) is 12.6. The molecule has 2 atom stereocenters. The number of carbonyl (C=O) groups is 1. The molecule has 1 heterocycles. The molecule has 0 aromatic heterocycles. The van der Waals surface area contributed by atoms with Crippen molar-refractivity contribution in [1.29, 1.82) is 0 Å². The maximum Gasteiger partial charge on any atom is 0.227 e. The van der Waals surface area contributed by atoms with E-state index in [0.717, 1.165) is 36.2 Å². The summed E-state index contributed by atoms with van der Waals surface area (Å²) in [5, 5.41) is 6.48. The first-order valence-electron chi connectivity index (χ1n) is 6.68. The molecule has 0 aliphatic carbocycles. The average molecular weight is 283 g/mol. The first kappa shape index (κ1) is 16.0. The summed E-state index contributed by atoms with van der Waals surface area (Å²) in [6.07, 6.45) is 1.86. The van der Waals surface area contributed by atoms with Crippen LogP contribution < -0.4 is 10.6 Å². The molecule has 1 amide bonds. The number of hydrogen-bond donors (Lipinski definition) is 2. The van der Waals surface area contributed by atoms with Crippen LogP contribution in [-0.4, -0.2) is 18.5 Å². The minimum atomic E-state index is 0. The lowest BCUT2D eigenvalue weighted by Crippen LogP contribution is -2.40. The Balaban J connectivity index is 0.00000180. The Labute approximate surface area is 121 Å². The van der Waals surface area contributed by atoms with Gasteiger partial charge in [-0.15, -0.1) is 12.4 Å². The molecule has 0 spiro atoms. The van der Waals surface area contributed by atoms with Gasteiger partial charge in [0.15, 0.2) is 0 Å². The van der Waals surface area contributed by atoms with Crippen LogP contribution in [0.3, 0.4) is 0 Å². The molecule has 0 saturated carbocycles. The van der Waals surface area contributed by atoms with Crippen LogP contribution in [0.25, 0.3) is 0 Å². The summed E-state index contributed by atoms with van der Waals surface area (Å²) >= 11 is 0. The van der Waals surface area contributed by atoms with Gasteiger partial charge in [-0.2, -0.15) is 0 Å². The van der Waals surface area contributed by atoms with Gasteiger partial charge in [0.05, 0.1) is 0 Å². The summed E-state index contributed by atoms with van der Waals surface area (Å²) in [5.41, 5.74) is 3.24. The van der Waals surface area contributed by atoms with Gasteiger partial charge in [0.1, 0.15) is 0 Å². The Morgan fingerprint density at radius 3 is 2.53 bits per heavy atom. The molecule has 3 nitrogen and oxygen atoms in total. The summed E-state index contributed by atoms with van der Waals surface area (Å²) in [6, 6.07) is 6.53. The fourth-order valence-electron chi connectivity index (χ4n) is 2.61. The third-order valence-corrected chi connectivity index (χ3v) is 3.72. The highest BCUT2D eigenvalue weighted by Gasteiger charge is 2.25. The second-order valence-electron chi connectivity index (χ2n) is 5.33. The predicted octanol–water partition coefficient (Wildman–Crippen LogP) is 3.05. The van der Waals surface area contributed by atoms with E-state index in [4.69, 9.17) is 0 Å². The van der Waals surface area contributed by atoms with Gasteiger partial charge in [-0.05, 0) is 51.3 Å². The molecular weight excluding hydrogens is 260 g/mol. The fraction of sp³-hybridized carbons (Fsp3) is 0.533. The number of carbonyl (C=O) groups excluding carboxylic acids is 1. The highest BCUT2D eigenvalue weighted by molar-refractivity contribution is 5.94. The molecule has 0 radical (unpaired) electrons. The summed E-state index contributed by atoms with van der Waals surface area (Å²) < 4.78 is 0. The van der Waals surface area contributed by atoms with Gasteiger partial charge in [0.2, 0.25) is 5.91 Å². The number of para-hydroxylation sites is 1. The Bertz CT molecular complexity index is 428. The molecule has 1 fully saturated rings. The standard InChI is InChI=1S/C15H22N2O.ClH/c1-10-5-4-6-11(2)14(10)17-15(18)13-7-8-16-12(3)9-13;/h4-6,12-13,16H,7-9H2,1-3H3,(H,17,18);1H/t12-,13-;/m0./s1.